The van der Waals surface area contributed by atoms with E-state index in [4.69, 9.17) is 4.42 Å². The summed E-state index contributed by atoms with van der Waals surface area (Å²) >= 11 is 0. The molecule has 0 fully saturated rings. The molecule has 88 valence electrons. The summed E-state index contributed by atoms with van der Waals surface area (Å²) in [5, 5.41) is 12.7. The van der Waals surface area contributed by atoms with Crippen LogP contribution in [0.3, 0.4) is 0 Å². The summed E-state index contributed by atoms with van der Waals surface area (Å²) in [5.74, 6) is 1.40. The van der Waals surface area contributed by atoms with Crippen molar-refractivity contribution in [2.24, 2.45) is 0 Å². The Hall–Kier alpha value is -1.90. The number of phenols is 1. The van der Waals surface area contributed by atoms with Gasteiger partial charge in [-0.25, -0.2) is 0 Å². The highest BCUT2D eigenvalue weighted by atomic mass is 16.3. The lowest BCUT2D eigenvalue weighted by Gasteiger charge is -2.23. The van der Waals surface area contributed by atoms with Crippen molar-refractivity contribution in [3.63, 3.8) is 0 Å². The van der Waals surface area contributed by atoms with Gasteiger partial charge in [-0.2, -0.15) is 0 Å². The molecule has 0 spiro atoms. The average molecular weight is 229 g/mol. The zero-order valence-electron chi connectivity index (χ0n) is 9.52. The van der Waals surface area contributed by atoms with Crippen LogP contribution in [0.4, 0.5) is 5.69 Å². The first-order valence-corrected chi connectivity index (χ1v) is 5.95. The van der Waals surface area contributed by atoms with Crippen molar-refractivity contribution in [3.05, 3.63) is 47.9 Å². The van der Waals surface area contributed by atoms with Crippen molar-refractivity contribution in [2.75, 3.05) is 5.32 Å². The van der Waals surface area contributed by atoms with E-state index in [9.17, 15) is 5.11 Å². The number of fused-ring (bicyclic) bond motifs is 1. The number of benzene rings is 1. The smallest absolute Gasteiger partial charge is 0.115 e. The first-order chi connectivity index (χ1) is 8.33. The normalized spacial score (nSPS) is 18.7. The third-order valence-corrected chi connectivity index (χ3v) is 3.26. The second-order valence-electron chi connectivity index (χ2n) is 4.44. The summed E-state index contributed by atoms with van der Waals surface area (Å²) < 4.78 is 5.46. The predicted molar refractivity (Wildman–Crippen MR) is 66.1 cm³/mol. The van der Waals surface area contributed by atoms with Crippen molar-refractivity contribution in [1.82, 2.24) is 0 Å². The van der Waals surface area contributed by atoms with Gasteiger partial charge in [-0.05, 0) is 43.2 Å². The van der Waals surface area contributed by atoms with Crippen LogP contribution in [0.25, 0.3) is 0 Å². The fourth-order valence-corrected chi connectivity index (χ4v) is 2.40. The van der Waals surface area contributed by atoms with Crippen LogP contribution in [0.5, 0.6) is 5.75 Å². The fraction of sp³-hybridized carbons (Fsp3) is 0.286. The van der Waals surface area contributed by atoms with Crippen LogP contribution >= 0.6 is 0 Å². The Kier molecular flexibility index (Phi) is 2.52. The molecule has 0 amide bonds. The van der Waals surface area contributed by atoms with Crippen LogP contribution in [-0.4, -0.2) is 5.11 Å². The van der Waals surface area contributed by atoms with E-state index in [2.05, 4.69) is 5.32 Å². The highest BCUT2D eigenvalue weighted by Gasteiger charge is 2.22. The number of aromatic hydroxyl groups is 1. The van der Waals surface area contributed by atoms with E-state index in [1.54, 1.807) is 18.4 Å². The van der Waals surface area contributed by atoms with Gasteiger partial charge in [0.15, 0.2) is 0 Å². The molecule has 1 aromatic heterocycles. The van der Waals surface area contributed by atoms with Crippen LogP contribution in [0.1, 0.15) is 30.2 Å². The quantitative estimate of drug-likeness (QED) is 0.775. The summed E-state index contributed by atoms with van der Waals surface area (Å²) in [5.41, 5.74) is 2.30. The first-order valence-electron chi connectivity index (χ1n) is 5.95. The van der Waals surface area contributed by atoms with Crippen molar-refractivity contribution in [3.8, 4) is 5.75 Å². The summed E-state index contributed by atoms with van der Waals surface area (Å²) in [4.78, 5) is 0. The van der Waals surface area contributed by atoms with Crippen LogP contribution in [0.15, 0.2) is 41.0 Å². The van der Waals surface area contributed by atoms with E-state index in [-0.39, 0.29) is 0 Å². The van der Waals surface area contributed by atoms with Crippen LogP contribution in [0.2, 0.25) is 0 Å². The molecular formula is C14H15NO2. The van der Waals surface area contributed by atoms with Crippen LogP contribution < -0.4 is 5.32 Å². The van der Waals surface area contributed by atoms with Gasteiger partial charge in [0.2, 0.25) is 0 Å². The maximum absolute atomic E-state index is 9.24. The van der Waals surface area contributed by atoms with Gasteiger partial charge in [-0.1, -0.05) is 0 Å². The zero-order chi connectivity index (χ0) is 11.7. The highest BCUT2D eigenvalue weighted by molar-refractivity contribution is 5.48. The average Bonchev–Trinajstić information content (AvgIpc) is 2.81. The Balaban J connectivity index is 1.81. The Morgan fingerprint density at radius 3 is 2.82 bits per heavy atom. The molecule has 2 N–H and O–H groups in total. The van der Waals surface area contributed by atoms with E-state index in [1.165, 1.54) is 5.56 Å². The van der Waals surface area contributed by atoms with E-state index >= 15 is 0 Å². The maximum Gasteiger partial charge on any atom is 0.115 e. The molecule has 1 atom stereocenters. The SMILES string of the molecule is Oc1ccc(NC2CCCc3occc32)cc1. The Morgan fingerprint density at radius 1 is 1.18 bits per heavy atom. The van der Waals surface area contributed by atoms with Gasteiger partial charge in [-0.15, -0.1) is 0 Å². The second kappa shape index (κ2) is 4.17. The van der Waals surface area contributed by atoms with Gasteiger partial charge in [0, 0.05) is 17.7 Å². The fourth-order valence-electron chi connectivity index (χ4n) is 2.40. The highest BCUT2D eigenvalue weighted by Crippen LogP contribution is 2.33. The number of anilines is 1. The predicted octanol–water partition coefficient (Wildman–Crippen LogP) is 3.47. The van der Waals surface area contributed by atoms with E-state index < -0.39 is 0 Å². The number of hydrogen-bond donors (Lipinski definition) is 2. The topological polar surface area (TPSA) is 45.4 Å². The minimum atomic E-state index is 0.295. The molecule has 2 aromatic rings. The monoisotopic (exact) mass is 229 g/mol. The lowest BCUT2D eigenvalue weighted by atomic mass is 9.93. The Labute approximate surface area is 100 Å². The molecule has 0 aliphatic heterocycles. The van der Waals surface area contributed by atoms with Crippen molar-refractivity contribution >= 4 is 5.69 Å². The summed E-state index contributed by atoms with van der Waals surface area (Å²) in [7, 11) is 0. The molecule has 0 radical (unpaired) electrons. The van der Waals surface area contributed by atoms with Crippen LogP contribution in [-0.2, 0) is 6.42 Å². The van der Waals surface area contributed by atoms with E-state index in [0.717, 1.165) is 30.7 Å². The molecule has 1 aliphatic rings. The minimum absolute atomic E-state index is 0.295. The van der Waals surface area contributed by atoms with Crippen molar-refractivity contribution in [2.45, 2.75) is 25.3 Å². The molecule has 0 bridgehead atoms. The summed E-state index contributed by atoms with van der Waals surface area (Å²) in [6.45, 7) is 0. The molecule has 1 aliphatic carbocycles. The number of nitrogens with one attached hydrogen (secondary N) is 1. The molecule has 17 heavy (non-hydrogen) atoms. The zero-order valence-corrected chi connectivity index (χ0v) is 9.52. The molecule has 0 saturated carbocycles. The number of rotatable bonds is 2. The third-order valence-electron chi connectivity index (χ3n) is 3.26. The van der Waals surface area contributed by atoms with Crippen molar-refractivity contribution in [1.29, 1.82) is 0 Å². The van der Waals surface area contributed by atoms with Gasteiger partial charge >= 0.3 is 0 Å². The first kappa shape index (κ1) is 10.3. The van der Waals surface area contributed by atoms with Gasteiger partial charge in [-0.3, -0.25) is 0 Å². The van der Waals surface area contributed by atoms with Gasteiger partial charge in [0.1, 0.15) is 11.5 Å². The maximum atomic E-state index is 9.24. The number of furan rings is 1. The lowest BCUT2D eigenvalue weighted by Crippen LogP contribution is -2.15. The summed E-state index contributed by atoms with van der Waals surface area (Å²) in [6.07, 6.45) is 5.07. The molecule has 1 heterocycles. The van der Waals surface area contributed by atoms with Gasteiger partial charge in [0.05, 0.1) is 12.3 Å². The Morgan fingerprint density at radius 2 is 2.00 bits per heavy atom. The standard InChI is InChI=1S/C14H15NO2/c16-11-6-4-10(5-7-11)15-13-2-1-3-14-12(13)8-9-17-14/h4-9,13,15-16H,1-3H2. The molecule has 0 saturated heterocycles. The van der Waals surface area contributed by atoms with Gasteiger partial charge < -0.3 is 14.8 Å². The van der Waals surface area contributed by atoms with Crippen LogP contribution in [0, 0.1) is 0 Å². The molecule has 1 aromatic carbocycles. The molecule has 3 nitrogen and oxygen atoms in total. The number of hydrogen-bond acceptors (Lipinski definition) is 3. The van der Waals surface area contributed by atoms with E-state index in [1.807, 2.05) is 18.2 Å². The number of aryl methyl sites for hydroxylation is 1. The second-order valence-corrected chi connectivity index (χ2v) is 4.44. The number of phenolic OH excluding ortho intramolecular Hbond substituents is 1. The lowest BCUT2D eigenvalue weighted by molar-refractivity contribution is 0.461. The van der Waals surface area contributed by atoms with Crippen molar-refractivity contribution < 1.29 is 9.52 Å². The molecule has 1 unspecified atom stereocenters. The van der Waals surface area contributed by atoms with Gasteiger partial charge in [0.25, 0.3) is 0 Å². The minimum Gasteiger partial charge on any atom is -0.508 e. The molecular weight excluding hydrogens is 214 g/mol. The largest absolute Gasteiger partial charge is 0.508 e. The molecule has 3 heteroatoms. The summed E-state index contributed by atoms with van der Waals surface area (Å²) in [6, 6.07) is 9.55. The third kappa shape index (κ3) is 2.00. The van der Waals surface area contributed by atoms with E-state index in [0.29, 0.717) is 11.8 Å². The Bertz CT molecular complexity index is 501. The molecule has 3 rings (SSSR count).